The monoisotopic (exact) mass is 298 g/mol. The van der Waals surface area contributed by atoms with Crippen LogP contribution in [0.1, 0.15) is 12.0 Å². The normalized spacial score (nSPS) is 9.86. The van der Waals surface area contributed by atoms with E-state index in [2.05, 4.69) is 10.6 Å². The summed E-state index contributed by atoms with van der Waals surface area (Å²) in [5.41, 5.74) is 1.53. The largest absolute Gasteiger partial charge is 0.495 e. The highest BCUT2D eigenvalue weighted by Gasteiger charge is 2.11. The Morgan fingerprint density at radius 1 is 0.955 bits per heavy atom. The van der Waals surface area contributed by atoms with Gasteiger partial charge >= 0.3 is 0 Å². The Hall–Kier alpha value is -2.82. The number of benzene rings is 2. The highest BCUT2D eigenvalue weighted by Crippen LogP contribution is 2.22. The summed E-state index contributed by atoms with van der Waals surface area (Å²) < 4.78 is 5.14. The van der Waals surface area contributed by atoms with Crippen molar-refractivity contribution < 1.29 is 14.3 Å². The molecular weight excluding hydrogens is 280 g/mol. The number of carbonyl (C=O) groups is 2. The van der Waals surface area contributed by atoms with Gasteiger partial charge in [0.1, 0.15) is 12.2 Å². The molecule has 2 aromatic rings. The Morgan fingerprint density at radius 2 is 1.64 bits per heavy atom. The summed E-state index contributed by atoms with van der Waals surface area (Å²) in [6, 6.07) is 16.6. The molecule has 5 heteroatoms. The number of rotatable bonds is 6. The van der Waals surface area contributed by atoms with Gasteiger partial charge in [-0.1, -0.05) is 42.5 Å². The smallest absolute Gasteiger partial charge is 0.233 e. The highest BCUT2D eigenvalue weighted by molar-refractivity contribution is 6.04. The van der Waals surface area contributed by atoms with Crippen LogP contribution >= 0.6 is 0 Å². The molecule has 0 spiro atoms. The molecule has 22 heavy (non-hydrogen) atoms. The molecule has 0 saturated heterocycles. The topological polar surface area (TPSA) is 67.4 Å². The highest BCUT2D eigenvalue weighted by atomic mass is 16.5. The Morgan fingerprint density at radius 3 is 2.36 bits per heavy atom. The van der Waals surface area contributed by atoms with Crippen LogP contribution in [0.4, 0.5) is 5.69 Å². The van der Waals surface area contributed by atoms with Crippen LogP contribution in [0, 0.1) is 0 Å². The Bertz CT molecular complexity index is 641. The summed E-state index contributed by atoms with van der Waals surface area (Å²) in [5, 5.41) is 5.38. The molecule has 0 fully saturated rings. The zero-order chi connectivity index (χ0) is 15.8. The van der Waals surface area contributed by atoms with E-state index in [1.807, 2.05) is 30.3 Å². The van der Waals surface area contributed by atoms with E-state index in [9.17, 15) is 9.59 Å². The third-order valence-corrected chi connectivity index (χ3v) is 3.03. The van der Waals surface area contributed by atoms with E-state index < -0.39 is 0 Å². The number of para-hydroxylation sites is 2. The minimum Gasteiger partial charge on any atom is -0.495 e. The minimum absolute atomic E-state index is 0.231. The summed E-state index contributed by atoms with van der Waals surface area (Å²) in [7, 11) is 1.53. The van der Waals surface area contributed by atoms with E-state index in [1.54, 1.807) is 24.3 Å². The molecule has 0 aromatic heterocycles. The second kappa shape index (κ2) is 7.83. The maximum absolute atomic E-state index is 11.9. The van der Waals surface area contributed by atoms with Crippen LogP contribution in [0.3, 0.4) is 0 Å². The first-order valence-corrected chi connectivity index (χ1v) is 6.92. The minimum atomic E-state index is -0.380. The van der Waals surface area contributed by atoms with Gasteiger partial charge in [-0.25, -0.2) is 0 Å². The van der Waals surface area contributed by atoms with Crippen molar-refractivity contribution in [3.05, 3.63) is 60.2 Å². The van der Waals surface area contributed by atoms with Gasteiger partial charge in [0.15, 0.2) is 0 Å². The molecule has 5 nitrogen and oxygen atoms in total. The van der Waals surface area contributed by atoms with E-state index in [-0.39, 0.29) is 18.2 Å². The van der Waals surface area contributed by atoms with Gasteiger partial charge in [0, 0.05) is 6.54 Å². The average Bonchev–Trinajstić information content (AvgIpc) is 2.54. The molecule has 114 valence electrons. The number of hydrogen-bond donors (Lipinski definition) is 2. The first-order chi connectivity index (χ1) is 10.7. The van der Waals surface area contributed by atoms with Crippen molar-refractivity contribution in [1.29, 1.82) is 0 Å². The predicted molar refractivity (Wildman–Crippen MR) is 84.5 cm³/mol. The molecule has 0 aliphatic rings. The van der Waals surface area contributed by atoms with Gasteiger partial charge in [-0.3, -0.25) is 9.59 Å². The fraction of sp³-hybridized carbons (Fsp3) is 0.176. The van der Waals surface area contributed by atoms with Crippen molar-refractivity contribution in [3.8, 4) is 5.75 Å². The lowest BCUT2D eigenvalue weighted by Gasteiger charge is -2.10. The van der Waals surface area contributed by atoms with Gasteiger partial charge < -0.3 is 15.4 Å². The Labute approximate surface area is 129 Å². The molecule has 0 aliphatic carbocycles. The number of anilines is 1. The molecule has 0 radical (unpaired) electrons. The van der Waals surface area contributed by atoms with Crippen LogP contribution in [0.2, 0.25) is 0 Å². The zero-order valence-corrected chi connectivity index (χ0v) is 12.3. The number of hydrogen-bond acceptors (Lipinski definition) is 3. The van der Waals surface area contributed by atoms with Gasteiger partial charge in [-0.2, -0.15) is 0 Å². The number of nitrogens with one attached hydrogen (secondary N) is 2. The predicted octanol–water partition coefficient (Wildman–Crippen LogP) is 2.34. The Kier molecular flexibility index (Phi) is 5.54. The van der Waals surface area contributed by atoms with E-state index >= 15 is 0 Å². The summed E-state index contributed by atoms with van der Waals surface area (Å²) in [5.74, 6) is -0.146. The van der Waals surface area contributed by atoms with Crippen molar-refractivity contribution in [2.24, 2.45) is 0 Å². The molecule has 0 atom stereocenters. The molecule has 2 aromatic carbocycles. The average molecular weight is 298 g/mol. The number of carbonyl (C=O) groups excluding carboxylic acids is 2. The first-order valence-electron chi connectivity index (χ1n) is 6.92. The maximum Gasteiger partial charge on any atom is 0.233 e. The molecule has 0 unspecified atom stereocenters. The third-order valence-electron chi connectivity index (χ3n) is 3.03. The molecule has 2 amide bonds. The summed E-state index contributed by atoms with van der Waals surface area (Å²) >= 11 is 0. The van der Waals surface area contributed by atoms with Crippen molar-refractivity contribution in [2.75, 3.05) is 12.4 Å². The second-order valence-corrected chi connectivity index (χ2v) is 4.69. The maximum atomic E-state index is 11.9. The third kappa shape index (κ3) is 4.63. The molecular formula is C17H18N2O3. The molecule has 2 rings (SSSR count). The first kappa shape index (κ1) is 15.6. The van der Waals surface area contributed by atoms with Gasteiger partial charge in [-0.15, -0.1) is 0 Å². The fourth-order valence-corrected chi connectivity index (χ4v) is 1.95. The summed E-state index contributed by atoms with van der Waals surface area (Å²) in [6.45, 7) is 0.404. The van der Waals surface area contributed by atoms with Gasteiger partial charge in [0.05, 0.1) is 12.8 Å². The molecule has 0 saturated carbocycles. The number of ether oxygens (including phenoxy) is 1. The summed E-state index contributed by atoms with van der Waals surface area (Å²) in [4.78, 5) is 23.6. The van der Waals surface area contributed by atoms with Gasteiger partial charge in [0.2, 0.25) is 11.8 Å². The number of amides is 2. The van der Waals surface area contributed by atoms with Crippen LogP contribution in [0.5, 0.6) is 5.75 Å². The van der Waals surface area contributed by atoms with Gasteiger partial charge in [-0.05, 0) is 17.7 Å². The molecule has 0 heterocycles. The van der Waals surface area contributed by atoms with E-state index in [0.717, 1.165) is 5.56 Å². The van der Waals surface area contributed by atoms with Crippen molar-refractivity contribution in [3.63, 3.8) is 0 Å². The lowest BCUT2D eigenvalue weighted by atomic mass is 10.2. The van der Waals surface area contributed by atoms with E-state index in [4.69, 9.17) is 4.74 Å². The zero-order valence-electron chi connectivity index (χ0n) is 12.3. The van der Waals surface area contributed by atoms with Crippen molar-refractivity contribution in [1.82, 2.24) is 5.32 Å². The van der Waals surface area contributed by atoms with Crippen LogP contribution in [0.25, 0.3) is 0 Å². The van der Waals surface area contributed by atoms with E-state index in [0.29, 0.717) is 18.0 Å². The Balaban J connectivity index is 1.82. The van der Waals surface area contributed by atoms with Gasteiger partial charge in [0.25, 0.3) is 0 Å². The van der Waals surface area contributed by atoms with Crippen LogP contribution in [-0.2, 0) is 16.1 Å². The number of methoxy groups -OCH3 is 1. The molecule has 2 N–H and O–H groups in total. The fourth-order valence-electron chi connectivity index (χ4n) is 1.95. The van der Waals surface area contributed by atoms with Crippen LogP contribution in [-0.4, -0.2) is 18.9 Å². The van der Waals surface area contributed by atoms with Crippen molar-refractivity contribution in [2.45, 2.75) is 13.0 Å². The lowest BCUT2D eigenvalue weighted by Crippen LogP contribution is -2.27. The van der Waals surface area contributed by atoms with E-state index in [1.165, 1.54) is 7.11 Å². The van der Waals surface area contributed by atoms with Crippen molar-refractivity contribution >= 4 is 17.5 Å². The molecule has 0 aliphatic heterocycles. The van der Waals surface area contributed by atoms with Crippen LogP contribution < -0.4 is 15.4 Å². The quantitative estimate of drug-likeness (QED) is 0.804. The van der Waals surface area contributed by atoms with Crippen LogP contribution in [0.15, 0.2) is 54.6 Å². The summed E-state index contributed by atoms with van der Waals surface area (Å²) in [6.07, 6.45) is -0.231. The lowest BCUT2D eigenvalue weighted by molar-refractivity contribution is -0.126. The molecule has 0 bridgehead atoms. The standard InChI is InChI=1S/C17H18N2O3/c1-22-15-10-6-5-9-14(15)19-17(21)11-16(20)18-12-13-7-3-2-4-8-13/h2-10H,11-12H2,1H3,(H,18,20)(H,19,21). The SMILES string of the molecule is COc1ccccc1NC(=O)CC(=O)NCc1ccccc1. The second-order valence-electron chi connectivity index (χ2n) is 4.69.